The van der Waals surface area contributed by atoms with Crippen LogP contribution in [-0.4, -0.2) is 51.9 Å². The van der Waals surface area contributed by atoms with Gasteiger partial charge in [0.1, 0.15) is 0 Å². The Hall–Kier alpha value is -2.38. The number of alkyl halides is 3. The molecule has 4 nitrogen and oxygen atoms in total. The molecule has 0 radical (unpaired) electrons. The molecule has 0 saturated carbocycles. The van der Waals surface area contributed by atoms with Crippen LogP contribution in [0.3, 0.4) is 0 Å². The molecule has 3 aromatic rings. The molecule has 1 aliphatic rings. The third-order valence-corrected chi connectivity index (χ3v) is 6.49. The molecule has 7 heteroatoms. The fraction of sp³-hybridized carbons (Fsp3) is 0.480. The van der Waals surface area contributed by atoms with Crippen LogP contribution < -0.4 is 0 Å². The smallest absolute Gasteiger partial charge is 0.382 e. The van der Waals surface area contributed by atoms with Crippen molar-refractivity contribution < 1.29 is 18.3 Å². The summed E-state index contributed by atoms with van der Waals surface area (Å²) in [5.74, 6) is 0.633. The summed E-state index contributed by atoms with van der Waals surface area (Å²) in [5.41, 5.74) is 6.81. The molecule has 3 heterocycles. The van der Waals surface area contributed by atoms with Crippen LogP contribution in [0.25, 0.3) is 22.2 Å². The number of fused-ring (bicyclic) bond motifs is 1. The number of hydrogen-bond acceptors (Lipinski definition) is 3. The topological polar surface area (TPSA) is 52.2 Å². The lowest BCUT2D eigenvalue weighted by Crippen LogP contribution is -2.43. The number of aliphatic hydroxyl groups is 1. The molecular weight excluding hydrogens is 415 g/mol. The second kappa shape index (κ2) is 8.87. The summed E-state index contributed by atoms with van der Waals surface area (Å²) in [4.78, 5) is 9.62. The van der Waals surface area contributed by atoms with Gasteiger partial charge in [-0.25, -0.2) is 0 Å². The zero-order valence-corrected chi connectivity index (χ0v) is 18.7. The minimum absolute atomic E-state index is 0.306. The fourth-order valence-electron chi connectivity index (χ4n) is 4.81. The Morgan fingerprint density at radius 3 is 2.50 bits per heavy atom. The zero-order chi connectivity index (χ0) is 23.0. The Balaban J connectivity index is 1.57. The van der Waals surface area contributed by atoms with E-state index in [-0.39, 0.29) is 6.54 Å². The number of aromatic amines is 1. The molecule has 1 aliphatic heterocycles. The summed E-state index contributed by atoms with van der Waals surface area (Å²) in [7, 11) is 0. The Kier molecular flexibility index (Phi) is 6.32. The third kappa shape index (κ3) is 4.69. The molecule has 0 spiro atoms. The van der Waals surface area contributed by atoms with Gasteiger partial charge in [0.25, 0.3) is 0 Å². The molecule has 1 atom stereocenters. The van der Waals surface area contributed by atoms with Crippen molar-refractivity contribution in [2.24, 2.45) is 0 Å². The normalized spacial score (nSPS) is 17.4. The summed E-state index contributed by atoms with van der Waals surface area (Å²) in [6.45, 7) is 7.14. The van der Waals surface area contributed by atoms with Gasteiger partial charge >= 0.3 is 6.18 Å². The predicted octanol–water partition coefficient (Wildman–Crippen LogP) is 5.76. The van der Waals surface area contributed by atoms with Gasteiger partial charge in [-0.2, -0.15) is 13.2 Å². The van der Waals surface area contributed by atoms with Crippen LogP contribution in [0.4, 0.5) is 13.2 Å². The van der Waals surface area contributed by atoms with E-state index in [1.165, 1.54) is 16.5 Å². The maximum absolute atomic E-state index is 12.7. The van der Waals surface area contributed by atoms with Crippen LogP contribution in [0.5, 0.6) is 0 Å². The van der Waals surface area contributed by atoms with E-state index >= 15 is 0 Å². The lowest BCUT2D eigenvalue weighted by Gasteiger charge is -2.33. The van der Waals surface area contributed by atoms with Crippen LogP contribution in [-0.2, 0) is 0 Å². The highest BCUT2D eigenvalue weighted by atomic mass is 19.4. The number of hydrogen-bond donors (Lipinski definition) is 2. The van der Waals surface area contributed by atoms with Gasteiger partial charge in [-0.15, -0.1) is 0 Å². The number of nitrogens with zero attached hydrogens (tertiary/aromatic N) is 2. The van der Waals surface area contributed by atoms with Crippen molar-refractivity contribution in [3.05, 3.63) is 53.3 Å². The summed E-state index contributed by atoms with van der Waals surface area (Å²) in [5, 5.41) is 10.6. The van der Waals surface area contributed by atoms with Crippen molar-refractivity contribution in [2.45, 2.75) is 57.7 Å². The van der Waals surface area contributed by atoms with Gasteiger partial charge in [-0.05, 0) is 80.1 Å². The number of halogens is 3. The fourth-order valence-corrected chi connectivity index (χ4v) is 4.81. The molecule has 2 aromatic heterocycles. The molecule has 0 bridgehead atoms. The van der Waals surface area contributed by atoms with Crippen molar-refractivity contribution >= 4 is 10.9 Å². The molecule has 1 unspecified atom stereocenters. The number of aromatic nitrogens is 2. The van der Waals surface area contributed by atoms with E-state index < -0.39 is 12.3 Å². The van der Waals surface area contributed by atoms with Gasteiger partial charge in [-0.3, -0.25) is 4.98 Å². The van der Waals surface area contributed by atoms with Gasteiger partial charge in [0.2, 0.25) is 0 Å². The quantitative estimate of drug-likeness (QED) is 0.525. The molecule has 1 saturated heterocycles. The number of rotatable bonds is 5. The monoisotopic (exact) mass is 445 g/mol. The Morgan fingerprint density at radius 2 is 1.88 bits per heavy atom. The maximum Gasteiger partial charge on any atom is 0.415 e. The van der Waals surface area contributed by atoms with E-state index in [0.717, 1.165) is 35.3 Å². The first-order valence-electron chi connectivity index (χ1n) is 11.2. The van der Waals surface area contributed by atoms with Crippen LogP contribution in [0, 0.1) is 6.92 Å². The van der Waals surface area contributed by atoms with E-state index in [4.69, 9.17) is 0 Å². The molecular formula is C25H30F3N3O. The van der Waals surface area contributed by atoms with Crippen molar-refractivity contribution in [2.75, 3.05) is 19.6 Å². The molecule has 0 amide bonds. The van der Waals surface area contributed by atoms with Crippen molar-refractivity contribution in [1.29, 1.82) is 0 Å². The Bertz CT molecular complexity index is 1080. The first-order chi connectivity index (χ1) is 15.1. The van der Waals surface area contributed by atoms with E-state index in [0.29, 0.717) is 24.9 Å². The average molecular weight is 446 g/mol. The highest BCUT2D eigenvalue weighted by molar-refractivity contribution is 5.92. The first kappa shape index (κ1) is 22.8. The van der Waals surface area contributed by atoms with E-state index in [2.05, 4.69) is 48.1 Å². The molecule has 2 N–H and O–H groups in total. The van der Waals surface area contributed by atoms with Crippen molar-refractivity contribution in [1.82, 2.24) is 14.9 Å². The van der Waals surface area contributed by atoms with Crippen molar-refractivity contribution in [3.8, 4) is 11.3 Å². The Morgan fingerprint density at radius 1 is 1.16 bits per heavy atom. The van der Waals surface area contributed by atoms with Crippen LogP contribution in [0.2, 0.25) is 0 Å². The van der Waals surface area contributed by atoms with Crippen molar-refractivity contribution in [3.63, 3.8) is 0 Å². The summed E-state index contributed by atoms with van der Waals surface area (Å²) >= 11 is 0. The molecule has 1 aromatic carbocycles. The van der Waals surface area contributed by atoms with Gasteiger partial charge in [0, 0.05) is 34.9 Å². The van der Waals surface area contributed by atoms with Crippen LogP contribution in [0.1, 0.15) is 55.3 Å². The number of pyridine rings is 1. The van der Waals surface area contributed by atoms with E-state index in [1.807, 2.05) is 19.2 Å². The van der Waals surface area contributed by atoms with Crippen LogP contribution >= 0.6 is 0 Å². The summed E-state index contributed by atoms with van der Waals surface area (Å²) in [6, 6.07) is 10.6. The highest BCUT2D eigenvalue weighted by Crippen LogP contribution is 2.38. The number of aryl methyl sites for hydroxylation is 1. The molecule has 172 valence electrons. The first-order valence-corrected chi connectivity index (χ1v) is 11.2. The minimum atomic E-state index is -4.56. The summed E-state index contributed by atoms with van der Waals surface area (Å²) < 4.78 is 38.0. The number of benzene rings is 1. The number of aliphatic hydroxyl groups excluding tert-OH is 1. The average Bonchev–Trinajstić information content (AvgIpc) is 3.12. The largest absolute Gasteiger partial charge is 0.415 e. The molecule has 0 aliphatic carbocycles. The standard InChI is InChI=1S/C25H30F3N3O/c1-15(2)23-20-13-18(17-7-10-31(11-8-17)14-22(32)25(26,27)28)4-5-21(20)30-24(23)19-6-9-29-16(3)12-19/h4-6,9,12-13,15,17,22,30,32H,7-8,10-11,14H2,1-3H3. The highest BCUT2D eigenvalue weighted by Gasteiger charge is 2.39. The van der Waals surface area contributed by atoms with Gasteiger partial charge in [0.05, 0.1) is 5.69 Å². The molecule has 4 rings (SSSR count). The summed E-state index contributed by atoms with van der Waals surface area (Å²) in [6.07, 6.45) is -3.44. The predicted molar refractivity (Wildman–Crippen MR) is 121 cm³/mol. The van der Waals surface area contributed by atoms with Gasteiger partial charge < -0.3 is 15.0 Å². The van der Waals surface area contributed by atoms with Gasteiger partial charge in [0.15, 0.2) is 6.10 Å². The number of piperidine rings is 1. The van der Waals surface area contributed by atoms with Gasteiger partial charge in [-0.1, -0.05) is 19.9 Å². The second-order valence-corrected chi connectivity index (χ2v) is 9.19. The zero-order valence-electron chi connectivity index (χ0n) is 18.7. The minimum Gasteiger partial charge on any atom is -0.382 e. The SMILES string of the molecule is Cc1cc(-c2[nH]c3ccc(C4CCN(CC(O)C(F)(F)F)CC4)cc3c2C(C)C)ccn1. The van der Waals surface area contributed by atoms with E-state index in [1.54, 1.807) is 4.90 Å². The number of likely N-dealkylation sites (tertiary alicyclic amines) is 1. The van der Waals surface area contributed by atoms with Crippen LogP contribution in [0.15, 0.2) is 36.5 Å². The number of β-amino-alcohol motifs (C(OH)–C–C–N with tert-alkyl or cyclic N) is 1. The Labute approximate surface area is 186 Å². The lowest BCUT2D eigenvalue weighted by molar-refractivity contribution is -0.208. The maximum atomic E-state index is 12.7. The molecule has 32 heavy (non-hydrogen) atoms. The van der Waals surface area contributed by atoms with E-state index in [9.17, 15) is 18.3 Å². The lowest BCUT2D eigenvalue weighted by atomic mass is 9.87. The number of nitrogens with one attached hydrogen (secondary N) is 1. The second-order valence-electron chi connectivity index (χ2n) is 9.19. The number of H-pyrrole nitrogens is 1. The molecule has 1 fully saturated rings. The third-order valence-electron chi connectivity index (χ3n) is 6.49.